The van der Waals surface area contributed by atoms with E-state index in [1.807, 2.05) is 23.1 Å². The third kappa shape index (κ3) is 4.75. The number of rotatable bonds is 4. The van der Waals surface area contributed by atoms with Crippen molar-refractivity contribution in [1.82, 2.24) is 10.2 Å². The summed E-state index contributed by atoms with van der Waals surface area (Å²) in [6, 6.07) is 7.36. The van der Waals surface area contributed by atoms with Gasteiger partial charge in [-0.3, -0.25) is 4.79 Å². The third-order valence-corrected chi connectivity index (χ3v) is 5.09. The van der Waals surface area contributed by atoms with E-state index >= 15 is 0 Å². The first-order valence-corrected chi connectivity index (χ1v) is 8.47. The highest BCUT2D eigenvalue weighted by Gasteiger charge is 2.31. The molecule has 1 amide bonds. The lowest BCUT2D eigenvalue weighted by Crippen LogP contribution is -2.33. The Morgan fingerprint density at radius 2 is 1.87 bits per heavy atom. The quantitative estimate of drug-likeness (QED) is 0.899. The monoisotopic (exact) mass is 358 g/mol. The molecule has 2 aliphatic rings. The molecule has 0 aromatic heterocycles. The molecule has 2 heterocycles. The smallest absolute Gasteiger partial charge is 0.225 e. The molecule has 1 N–H and O–H groups in total. The average Bonchev–Trinajstić information content (AvgIpc) is 2.87. The molecule has 2 aliphatic heterocycles. The Bertz CT molecular complexity index is 513. The zero-order valence-electron chi connectivity index (χ0n) is 13.2. The van der Waals surface area contributed by atoms with Crippen molar-refractivity contribution in [3.8, 4) is 5.75 Å². The molecule has 0 unspecified atom stereocenters. The number of likely N-dealkylation sites (tertiary alicyclic amines) is 1. The highest BCUT2D eigenvalue weighted by Crippen LogP contribution is 2.27. The molecule has 2 atom stereocenters. The number of amides is 1. The first-order chi connectivity index (χ1) is 10.7. The fourth-order valence-corrected chi connectivity index (χ4v) is 3.63. The highest BCUT2D eigenvalue weighted by atomic mass is 35.5. The number of ether oxygens (including phenoxy) is 1. The zero-order chi connectivity index (χ0) is 15.4. The molecule has 2 saturated heterocycles. The zero-order valence-corrected chi connectivity index (χ0v) is 14.7. The van der Waals surface area contributed by atoms with Gasteiger partial charge in [0.25, 0.3) is 0 Å². The van der Waals surface area contributed by atoms with Gasteiger partial charge in [0.15, 0.2) is 0 Å². The average molecular weight is 359 g/mol. The number of carbonyl (C=O) groups is 1. The number of benzene rings is 1. The largest absolute Gasteiger partial charge is 0.491 e. The molecular weight excluding hydrogens is 335 g/mol. The molecule has 6 heteroatoms. The molecule has 2 fully saturated rings. The standard InChI is InChI=1S/C17H23ClN2O2.ClH/c18-15-3-1-2-4-16(15)22-10-7-17(21)20-8-5-13-11-19-12-14(13)6-9-20;/h1-4,13-14,19H,5-12H2;1H/t13-,14+;. The lowest BCUT2D eigenvalue weighted by molar-refractivity contribution is -0.131. The van der Waals surface area contributed by atoms with Crippen molar-refractivity contribution in [2.24, 2.45) is 11.8 Å². The fourth-order valence-electron chi connectivity index (χ4n) is 3.44. The van der Waals surface area contributed by atoms with Crippen LogP contribution in [0.1, 0.15) is 19.3 Å². The third-order valence-electron chi connectivity index (χ3n) is 4.78. The molecule has 128 valence electrons. The van der Waals surface area contributed by atoms with Gasteiger partial charge in [-0.15, -0.1) is 12.4 Å². The van der Waals surface area contributed by atoms with Gasteiger partial charge in [0.05, 0.1) is 18.1 Å². The molecule has 1 aromatic rings. The molecule has 3 rings (SSSR count). The fraction of sp³-hybridized carbons (Fsp3) is 0.588. The summed E-state index contributed by atoms with van der Waals surface area (Å²) < 4.78 is 5.61. The van der Waals surface area contributed by atoms with Crippen LogP contribution < -0.4 is 10.1 Å². The van der Waals surface area contributed by atoms with Crippen molar-refractivity contribution in [2.75, 3.05) is 32.8 Å². The molecular formula is C17H24Cl2N2O2. The van der Waals surface area contributed by atoms with Crippen LogP contribution in [0.25, 0.3) is 0 Å². The van der Waals surface area contributed by atoms with Crippen LogP contribution in [0.2, 0.25) is 5.02 Å². The predicted molar refractivity (Wildman–Crippen MR) is 94.5 cm³/mol. The Labute approximate surface area is 148 Å². The van der Waals surface area contributed by atoms with Gasteiger partial charge in [0, 0.05) is 13.1 Å². The minimum Gasteiger partial charge on any atom is -0.491 e. The molecule has 0 bridgehead atoms. The van der Waals surface area contributed by atoms with E-state index in [2.05, 4.69) is 5.32 Å². The predicted octanol–water partition coefficient (Wildman–Crippen LogP) is 2.99. The van der Waals surface area contributed by atoms with E-state index in [1.54, 1.807) is 6.07 Å². The summed E-state index contributed by atoms with van der Waals surface area (Å²) in [5.41, 5.74) is 0. The molecule has 0 saturated carbocycles. The Balaban J connectivity index is 0.00000192. The normalized spacial score (nSPS) is 23.6. The van der Waals surface area contributed by atoms with Crippen molar-refractivity contribution in [3.05, 3.63) is 29.3 Å². The number of fused-ring (bicyclic) bond motifs is 1. The molecule has 1 aromatic carbocycles. The number of para-hydroxylation sites is 1. The first kappa shape index (κ1) is 18.4. The molecule has 4 nitrogen and oxygen atoms in total. The second-order valence-corrected chi connectivity index (χ2v) is 6.57. The van der Waals surface area contributed by atoms with E-state index in [9.17, 15) is 4.79 Å². The van der Waals surface area contributed by atoms with Gasteiger partial charge in [0.1, 0.15) is 5.75 Å². The Kier molecular flexibility index (Phi) is 7.00. The number of halogens is 2. The van der Waals surface area contributed by atoms with E-state index in [0.29, 0.717) is 23.8 Å². The van der Waals surface area contributed by atoms with Gasteiger partial charge in [-0.25, -0.2) is 0 Å². The summed E-state index contributed by atoms with van der Waals surface area (Å²) in [5, 5.41) is 4.05. The lowest BCUT2D eigenvalue weighted by atomic mass is 9.92. The maximum atomic E-state index is 12.3. The van der Waals surface area contributed by atoms with Crippen LogP contribution in [-0.2, 0) is 4.79 Å². The summed E-state index contributed by atoms with van der Waals surface area (Å²) in [5.74, 6) is 2.34. The van der Waals surface area contributed by atoms with Crippen molar-refractivity contribution >= 4 is 29.9 Å². The van der Waals surface area contributed by atoms with Gasteiger partial charge in [-0.2, -0.15) is 0 Å². The van der Waals surface area contributed by atoms with Crippen LogP contribution in [0, 0.1) is 11.8 Å². The Morgan fingerprint density at radius 3 is 2.52 bits per heavy atom. The summed E-state index contributed by atoms with van der Waals surface area (Å²) in [4.78, 5) is 14.4. The van der Waals surface area contributed by atoms with Gasteiger partial charge in [-0.1, -0.05) is 23.7 Å². The SMILES string of the molecule is Cl.O=C(CCOc1ccccc1Cl)N1CC[C@@H]2CNC[C@@H]2CC1. The van der Waals surface area contributed by atoms with Crippen LogP contribution in [-0.4, -0.2) is 43.6 Å². The summed E-state index contributed by atoms with van der Waals surface area (Å²) in [6.45, 7) is 4.37. The van der Waals surface area contributed by atoms with Crippen LogP contribution in [0.4, 0.5) is 0 Å². The van der Waals surface area contributed by atoms with Gasteiger partial charge in [-0.05, 0) is 49.9 Å². The second kappa shape index (κ2) is 8.76. The summed E-state index contributed by atoms with van der Waals surface area (Å²) in [6.07, 6.45) is 2.66. The maximum Gasteiger partial charge on any atom is 0.225 e. The van der Waals surface area contributed by atoms with Crippen molar-refractivity contribution in [3.63, 3.8) is 0 Å². The number of hydrogen-bond acceptors (Lipinski definition) is 3. The molecule has 0 aliphatic carbocycles. The highest BCUT2D eigenvalue weighted by molar-refractivity contribution is 6.32. The molecule has 0 radical (unpaired) electrons. The van der Waals surface area contributed by atoms with Crippen LogP contribution in [0.5, 0.6) is 5.75 Å². The summed E-state index contributed by atoms with van der Waals surface area (Å²) in [7, 11) is 0. The van der Waals surface area contributed by atoms with E-state index in [1.165, 1.54) is 0 Å². The molecule has 0 spiro atoms. The van der Waals surface area contributed by atoms with Gasteiger partial charge >= 0.3 is 0 Å². The molecule has 23 heavy (non-hydrogen) atoms. The summed E-state index contributed by atoms with van der Waals surface area (Å²) >= 11 is 6.04. The van der Waals surface area contributed by atoms with Crippen molar-refractivity contribution in [1.29, 1.82) is 0 Å². The Hall–Kier alpha value is -0.970. The minimum atomic E-state index is 0. The van der Waals surface area contributed by atoms with Gasteiger partial charge < -0.3 is 15.0 Å². The van der Waals surface area contributed by atoms with Gasteiger partial charge in [0.2, 0.25) is 5.91 Å². The van der Waals surface area contributed by atoms with E-state index in [-0.39, 0.29) is 18.3 Å². The van der Waals surface area contributed by atoms with Crippen LogP contribution >= 0.6 is 24.0 Å². The van der Waals surface area contributed by atoms with Crippen LogP contribution in [0.3, 0.4) is 0 Å². The minimum absolute atomic E-state index is 0. The lowest BCUT2D eigenvalue weighted by Gasteiger charge is -2.21. The number of carbonyl (C=O) groups excluding carboxylic acids is 1. The van der Waals surface area contributed by atoms with E-state index < -0.39 is 0 Å². The number of hydrogen-bond donors (Lipinski definition) is 1. The Morgan fingerprint density at radius 1 is 1.22 bits per heavy atom. The van der Waals surface area contributed by atoms with Crippen LogP contribution in [0.15, 0.2) is 24.3 Å². The van der Waals surface area contributed by atoms with Crippen molar-refractivity contribution in [2.45, 2.75) is 19.3 Å². The number of nitrogens with one attached hydrogen (secondary N) is 1. The maximum absolute atomic E-state index is 12.3. The first-order valence-electron chi connectivity index (χ1n) is 8.10. The van der Waals surface area contributed by atoms with E-state index in [4.69, 9.17) is 16.3 Å². The second-order valence-electron chi connectivity index (χ2n) is 6.17. The topological polar surface area (TPSA) is 41.6 Å². The number of nitrogens with zero attached hydrogens (tertiary/aromatic N) is 1. The van der Waals surface area contributed by atoms with Crippen molar-refractivity contribution < 1.29 is 9.53 Å². The van der Waals surface area contributed by atoms with E-state index in [0.717, 1.165) is 50.9 Å².